The highest BCUT2D eigenvalue weighted by molar-refractivity contribution is 5.35. The van der Waals surface area contributed by atoms with Gasteiger partial charge in [0, 0.05) is 24.5 Å². The lowest BCUT2D eigenvalue weighted by molar-refractivity contribution is 0.574. The first-order chi connectivity index (χ1) is 8.13. The van der Waals surface area contributed by atoms with Crippen LogP contribution in [0.4, 0.5) is 5.82 Å². The van der Waals surface area contributed by atoms with E-state index in [0.717, 1.165) is 5.92 Å². The number of hydrogen-bond acceptors (Lipinski definition) is 3. The minimum Gasteiger partial charge on any atom is -0.362 e. The zero-order chi connectivity index (χ0) is 12.4. The fourth-order valence-corrected chi connectivity index (χ4v) is 2.22. The van der Waals surface area contributed by atoms with Gasteiger partial charge in [-0.2, -0.15) is 0 Å². The summed E-state index contributed by atoms with van der Waals surface area (Å²) in [7, 11) is 0. The first-order valence-electron chi connectivity index (χ1n) is 6.47. The Morgan fingerprint density at radius 3 is 3.00 bits per heavy atom. The lowest BCUT2D eigenvalue weighted by Crippen LogP contribution is -2.26. The Morgan fingerprint density at radius 1 is 1.59 bits per heavy atom. The van der Waals surface area contributed by atoms with Gasteiger partial charge in [0.25, 0.3) is 5.56 Å². The topological polar surface area (TPSA) is 46.9 Å². The maximum absolute atomic E-state index is 12.1. The normalized spacial score (nSPS) is 22.8. The molecule has 0 aromatic carbocycles. The molecule has 1 saturated carbocycles. The molecule has 4 nitrogen and oxygen atoms in total. The summed E-state index contributed by atoms with van der Waals surface area (Å²) in [6.07, 6.45) is 7.06. The van der Waals surface area contributed by atoms with Gasteiger partial charge in [-0.05, 0) is 32.6 Å². The quantitative estimate of drug-likeness (QED) is 0.852. The standard InChI is InChI=1S/C13H21N3O/c1-4-5-10-8-11(10)15-12-13(17)16(9(2)3)7-6-14-12/h6-7,9-11H,4-5,8H2,1-3H3,(H,14,15). The predicted molar refractivity (Wildman–Crippen MR) is 69.3 cm³/mol. The molecule has 0 bridgehead atoms. The molecule has 1 aliphatic rings. The van der Waals surface area contributed by atoms with Crippen molar-refractivity contribution in [1.82, 2.24) is 9.55 Å². The van der Waals surface area contributed by atoms with Crippen LogP contribution >= 0.6 is 0 Å². The van der Waals surface area contributed by atoms with Gasteiger partial charge in [-0.15, -0.1) is 0 Å². The Bertz CT molecular complexity index is 439. The molecule has 0 spiro atoms. The van der Waals surface area contributed by atoms with Crippen molar-refractivity contribution >= 4 is 5.82 Å². The molecule has 2 rings (SSSR count). The smallest absolute Gasteiger partial charge is 0.293 e. The lowest BCUT2D eigenvalue weighted by Gasteiger charge is -2.11. The lowest BCUT2D eigenvalue weighted by atomic mass is 10.2. The van der Waals surface area contributed by atoms with Crippen LogP contribution in [0.1, 0.15) is 46.1 Å². The SMILES string of the molecule is CCCC1CC1Nc1nccn(C(C)C)c1=O. The van der Waals surface area contributed by atoms with Crippen LogP contribution in [-0.4, -0.2) is 15.6 Å². The summed E-state index contributed by atoms with van der Waals surface area (Å²) < 4.78 is 1.71. The molecule has 0 amide bonds. The van der Waals surface area contributed by atoms with E-state index >= 15 is 0 Å². The van der Waals surface area contributed by atoms with Crippen molar-refractivity contribution < 1.29 is 0 Å². The van der Waals surface area contributed by atoms with Crippen molar-refractivity contribution in [2.24, 2.45) is 5.92 Å². The highest BCUT2D eigenvalue weighted by Gasteiger charge is 2.36. The molecular weight excluding hydrogens is 214 g/mol. The summed E-state index contributed by atoms with van der Waals surface area (Å²) in [5.41, 5.74) is -0.00958. The molecule has 1 heterocycles. The second kappa shape index (κ2) is 4.90. The number of aromatic nitrogens is 2. The Labute approximate surface area is 102 Å². The summed E-state index contributed by atoms with van der Waals surface area (Å²) in [4.78, 5) is 16.2. The van der Waals surface area contributed by atoms with E-state index in [1.807, 2.05) is 13.8 Å². The van der Waals surface area contributed by atoms with Gasteiger partial charge in [0.05, 0.1) is 0 Å². The number of anilines is 1. The number of nitrogens with zero attached hydrogens (tertiary/aromatic N) is 2. The maximum Gasteiger partial charge on any atom is 0.293 e. The van der Waals surface area contributed by atoms with E-state index in [-0.39, 0.29) is 11.6 Å². The molecule has 94 valence electrons. The van der Waals surface area contributed by atoms with Gasteiger partial charge < -0.3 is 9.88 Å². The van der Waals surface area contributed by atoms with Gasteiger partial charge in [0.2, 0.25) is 0 Å². The van der Waals surface area contributed by atoms with Gasteiger partial charge in [0.1, 0.15) is 0 Å². The second-order valence-electron chi connectivity index (χ2n) is 5.12. The van der Waals surface area contributed by atoms with Crippen molar-refractivity contribution in [1.29, 1.82) is 0 Å². The average Bonchev–Trinajstić information content (AvgIpc) is 3.00. The molecule has 1 aliphatic carbocycles. The molecule has 2 unspecified atom stereocenters. The predicted octanol–water partition coefficient (Wildman–Crippen LogP) is 2.42. The summed E-state index contributed by atoms with van der Waals surface area (Å²) in [5.74, 6) is 1.23. The van der Waals surface area contributed by atoms with E-state index < -0.39 is 0 Å². The molecular formula is C13H21N3O. The molecule has 0 saturated heterocycles. The van der Waals surface area contributed by atoms with E-state index in [9.17, 15) is 4.79 Å². The van der Waals surface area contributed by atoms with Crippen LogP contribution in [0.2, 0.25) is 0 Å². The number of hydrogen-bond donors (Lipinski definition) is 1. The monoisotopic (exact) mass is 235 g/mol. The van der Waals surface area contributed by atoms with Crippen molar-refractivity contribution in [3.8, 4) is 0 Å². The summed E-state index contributed by atoms with van der Waals surface area (Å²) in [6.45, 7) is 6.20. The molecule has 2 atom stereocenters. The summed E-state index contributed by atoms with van der Waals surface area (Å²) in [5, 5.41) is 3.27. The minimum atomic E-state index is -0.00958. The van der Waals surface area contributed by atoms with E-state index in [4.69, 9.17) is 0 Å². The van der Waals surface area contributed by atoms with Crippen LogP contribution in [0.25, 0.3) is 0 Å². The van der Waals surface area contributed by atoms with Crippen molar-refractivity contribution in [3.63, 3.8) is 0 Å². The molecule has 1 N–H and O–H groups in total. The van der Waals surface area contributed by atoms with Crippen LogP contribution in [0.15, 0.2) is 17.2 Å². The van der Waals surface area contributed by atoms with Crippen LogP contribution in [0, 0.1) is 5.92 Å². The van der Waals surface area contributed by atoms with Crippen LogP contribution < -0.4 is 10.9 Å². The summed E-state index contributed by atoms with van der Waals surface area (Å²) in [6, 6.07) is 0.634. The summed E-state index contributed by atoms with van der Waals surface area (Å²) >= 11 is 0. The molecule has 1 fully saturated rings. The fourth-order valence-electron chi connectivity index (χ4n) is 2.22. The Hall–Kier alpha value is -1.32. The van der Waals surface area contributed by atoms with E-state index in [2.05, 4.69) is 17.2 Å². The third kappa shape index (κ3) is 2.68. The number of rotatable bonds is 5. The van der Waals surface area contributed by atoms with Crippen molar-refractivity contribution in [2.75, 3.05) is 5.32 Å². The van der Waals surface area contributed by atoms with Gasteiger partial charge in [-0.1, -0.05) is 13.3 Å². The maximum atomic E-state index is 12.1. The highest BCUT2D eigenvalue weighted by atomic mass is 16.1. The largest absolute Gasteiger partial charge is 0.362 e. The van der Waals surface area contributed by atoms with Crippen molar-refractivity contribution in [3.05, 3.63) is 22.7 Å². The Balaban J connectivity index is 2.07. The van der Waals surface area contributed by atoms with E-state index in [1.165, 1.54) is 19.3 Å². The van der Waals surface area contributed by atoms with E-state index in [0.29, 0.717) is 11.9 Å². The molecule has 0 radical (unpaired) electrons. The third-order valence-corrected chi connectivity index (χ3v) is 3.33. The average molecular weight is 235 g/mol. The molecule has 1 aromatic rings. The van der Waals surface area contributed by atoms with Gasteiger partial charge in [-0.25, -0.2) is 4.98 Å². The zero-order valence-corrected chi connectivity index (χ0v) is 10.8. The van der Waals surface area contributed by atoms with Gasteiger partial charge >= 0.3 is 0 Å². The second-order valence-corrected chi connectivity index (χ2v) is 5.12. The van der Waals surface area contributed by atoms with Gasteiger partial charge in [-0.3, -0.25) is 4.79 Å². The zero-order valence-electron chi connectivity index (χ0n) is 10.8. The van der Waals surface area contributed by atoms with Crippen LogP contribution in [-0.2, 0) is 0 Å². The Morgan fingerprint density at radius 2 is 2.35 bits per heavy atom. The van der Waals surface area contributed by atoms with Crippen molar-refractivity contribution in [2.45, 2.75) is 52.1 Å². The highest BCUT2D eigenvalue weighted by Crippen LogP contribution is 2.36. The van der Waals surface area contributed by atoms with E-state index in [1.54, 1.807) is 17.0 Å². The molecule has 0 aliphatic heterocycles. The van der Waals surface area contributed by atoms with Gasteiger partial charge in [0.15, 0.2) is 5.82 Å². The minimum absolute atomic E-state index is 0.00958. The molecule has 17 heavy (non-hydrogen) atoms. The van der Waals surface area contributed by atoms with Crippen LogP contribution in [0.3, 0.4) is 0 Å². The molecule has 1 aromatic heterocycles. The first kappa shape index (κ1) is 12.1. The Kier molecular flexibility index (Phi) is 3.50. The molecule has 4 heteroatoms. The third-order valence-electron chi connectivity index (χ3n) is 3.33. The van der Waals surface area contributed by atoms with Crippen LogP contribution in [0.5, 0.6) is 0 Å². The fraction of sp³-hybridized carbons (Fsp3) is 0.692. The number of nitrogens with one attached hydrogen (secondary N) is 1. The first-order valence-corrected chi connectivity index (χ1v) is 6.47.